The summed E-state index contributed by atoms with van der Waals surface area (Å²) in [4.78, 5) is 22.6. The summed E-state index contributed by atoms with van der Waals surface area (Å²) in [5, 5.41) is 6.68. The molecular formula is C11H17N3O2. The molecular weight excluding hydrogens is 206 g/mol. The second-order valence-corrected chi connectivity index (χ2v) is 4.65. The monoisotopic (exact) mass is 223 g/mol. The molecule has 0 bridgehead atoms. The van der Waals surface area contributed by atoms with Crippen LogP contribution in [0.25, 0.3) is 0 Å². The van der Waals surface area contributed by atoms with Gasteiger partial charge < -0.3 is 5.32 Å². The molecule has 1 saturated carbocycles. The standard InChI is InChI=1S/C11H17N3O2/c1-7(6-8-2-3-8)12-11(16)9-4-5-10(15)14-13-9/h7-8H,2-6H2,1H3,(H,12,16)(H,14,15). The smallest absolute Gasteiger partial charge is 0.267 e. The molecule has 1 aliphatic carbocycles. The number of carbonyl (C=O) groups is 2. The molecule has 0 aromatic heterocycles. The fourth-order valence-corrected chi connectivity index (χ4v) is 1.86. The highest BCUT2D eigenvalue weighted by Gasteiger charge is 2.25. The van der Waals surface area contributed by atoms with Crippen LogP contribution in [0.5, 0.6) is 0 Å². The van der Waals surface area contributed by atoms with E-state index < -0.39 is 0 Å². The Bertz CT molecular complexity index is 334. The van der Waals surface area contributed by atoms with Crippen LogP contribution in [0.1, 0.15) is 39.0 Å². The normalized spacial score (nSPS) is 22.1. The topological polar surface area (TPSA) is 70.6 Å². The molecule has 1 heterocycles. The Labute approximate surface area is 94.7 Å². The highest BCUT2D eigenvalue weighted by atomic mass is 16.2. The van der Waals surface area contributed by atoms with Crippen molar-refractivity contribution in [2.24, 2.45) is 11.0 Å². The molecule has 0 spiro atoms. The number of nitrogens with one attached hydrogen (secondary N) is 2. The summed E-state index contributed by atoms with van der Waals surface area (Å²) >= 11 is 0. The predicted molar refractivity (Wildman–Crippen MR) is 59.8 cm³/mol. The highest BCUT2D eigenvalue weighted by Crippen LogP contribution is 2.33. The Morgan fingerprint density at radius 2 is 2.31 bits per heavy atom. The van der Waals surface area contributed by atoms with Gasteiger partial charge in [-0.25, -0.2) is 5.43 Å². The van der Waals surface area contributed by atoms with E-state index in [9.17, 15) is 9.59 Å². The first-order valence-electron chi connectivity index (χ1n) is 5.81. The predicted octanol–water partition coefficient (Wildman–Crippen LogP) is 0.557. The Kier molecular flexibility index (Phi) is 3.22. The van der Waals surface area contributed by atoms with E-state index in [-0.39, 0.29) is 17.9 Å². The molecule has 1 aliphatic heterocycles. The van der Waals surface area contributed by atoms with Gasteiger partial charge in [0.05, 0.1) is 0 Å². The van der Waals surface area contributed by atoms with Crippen LogP contribution in [0.2, 0.25) is 0 Å². The minimum atomic E-state index is -0.145. The third kappa shape index (κ3) is 3.05. The number of amides is 2. The second-order valence-electron chi connectivity index (χ2n) is 4.65. The van der Waals surface area contributed by atoms with Crippen molar-refractivity contribution < 1.29 is 9.59 Å². The third-order valence-electron chi connectivity index (χ3n) is 2.93. The molecule has 88 valence electrons. The number of carbonyl (C=O) groups excluding carboxylic acids is 2. The molecule has 2 rings (SSSR count). The molecule has 1 unspecified atom stereocenters. The molecule has 16 heavy (non-hydrogen) atoms. The van der Waals surface area contributed by atoms with Gasteiger partial charge in [0.25, 0.3) is 5.91 Å². The average Bonchev–Trinajstić information content (AvgIpc) is 3.02. The van der Waals surface area contributed by atoms with Crippen molar-refractivity contribution >= 4 is 17.5 Å². The van der Waals surface area contributed by atoms with E-state index in [1.807, 2.05) is 6.92 Å². The van der Waals surface area contributed by atoms with Crippen LogP contribution in [0.15, 0.2) is 5.10 Å². The van der Waals surface area contributed by atoms with Gasteiger partial charge in [-0.2, -0.15) is 5.10 Å². The van der Waals surface area contributed by atoms with E-state index in [2.05, 4.69) is 15.8 Å². The molecule has 2 aliphatic rings. The van der Waals surface area contributed by atoms with Crippen LogP contribution in [-0.2, 0) is 9.59 Å². The molecule has 0 aromatic carbocycles. The van der Waals surface area contributed by atoms with E-state index in [4.69, 9.17) is 0 Å². The Hall–Kier alpha value is -1.39. The summed E-state index contributed by atoms with van der Waals surface area (Å²) in [6.45, 7) is 2.01. The fourth-order valence-electron chi connectivity index (χ4n) is 1.86. The van der Waals surface area contributed by atoms with E-state index in [1.165, 1.54) is 12.8 Å². The number of hydrogen-bond donors (Lipinski definition) is 2. The lowest BCUT2D eigenvalue weighted by Gasteiger charge is -2.16. The van der Waals surface area contributed by atoms with Crippen molar-refractivity contribution in [1.29, 1.82) is 0 Å². The number of hydrazone groups is 1. The van der Waals surface area contributed by atoms with Gasteiger partial charge in [-0.1, -0.05) is 12.8 Å². The summed E-state index contributed by atoms with van der Waals surface area (Å²) in [5.74, 6) is 0.527. The van der Waals surface area contributed by atoms with Crippen molar-refractivity contribution in [2.45, 2.75) is 45.1 Å². The van der Waals surface area contributed by atoms with Crippen molar-refractivity contribution in [3.63, 3.8) is 0 Å². The van der Waals surface area contributed by atoms with Crippen molar-refractivity contribution in [1.82, 2.24) is 10.7 Å². The van der Waals surface area contributed by atoms with Crippen LogP contribution in [0.4, 0.5) is 0 Å². The summed E-state index contributed by atoms with van der Waals surface area (Å²) < 4.78 is 0. The van der Waals surface area contributed by atoms with Crippen LogP contribution in [0.3, 0.4) is 0 Å². The van der Waals surface area contributed by atoms with Crippen LogP contribution in [-0.4, -0.2) is 23.6 Å². The summed E-state index contributed by atoms with van der Waals surface area (Å²) in [5.41, 5.74) is 2.76. The Morgan fingerprint density at radius 1 is 1.56 bits per heavy atom. The molecule has 1 atom stereocenters. The zero-order valence-corrected chi connectivity index (χ0v) is 9.45. The average molecular weight is 223 g/mol. The fraction of sp³-hybridized carbons (Fsp3) is 0.727. The zero-order chi connectivity index (χ0) is 11.5. The van der Waals surface area contributed by atoms with E-state index >= 15 is 0 Å². The maximum absolute atomic E-state index is 11.7. The van der Waals surface area contributed by atoms with Gasteiger partial charge in [0.1, 0.15) is 5.71 Å². The van der Waals surface area contributed by atoms with Gasteiger partial charge in [-0.3, -0.25) is 9.59 Å². The molecule has 1 fully saturated rings. The molecule has 0 aromatic rings. The van der Waals surface area contributed by atoms with Crippen molar-refractivity contribution in [3.05, 3.63) is 0 Å². The van der Waals surface area contributed by atoms with Crippen LogP contribution >= 0.6 is 0 Å². The lowest BCUT2D eigenvalue weighted by Crippen LogP contribution is -2.41. The minimum absolute atomic E-state index is 0.123. The van der Waals surface area contributed by atoms with Gasteiger partial charge in [-0.15, -0.1) is 0 Å². The molecule has 2 amide bonds. The maximum atomic E-state index is 11.7. The molecule has 2 N–H and O–H groups in total. The van der Waals surface area contributed by atoms with Gasteiger partial charge in [0.2, 0.25) is 5.91 Å². The number of nitrogens with zero attached hydrogens (tertiary/aromatic N) is 1. The second kappa shape index (κ2) is 4.63. The summed E-state index contributed by atoms with van der Waals surface area (Å²) in [7, 11) is 0. The van der Waals surface area contributed by atoms with E-state index in [0.29, 0.717) is 18.6 Å². The molecule has 5 nitrogen and oxygen atoms in total. The van der Waals surface area contributed by atoms with Gasteiger partial charge in [0, 0.05) is 18.9 Å². The quantitative estimate of drug-likeness (QED) is 0.731. The number of rotatable bonds is 4. The first kappa shape index (κ1) is 11.1. The molecule has 0 saturated heterocycles. The lowest BCUT2D eigenvalue weighted by molar-refractivity contribution is -0.121. The first-order valence-corrected chi connectivity index (χ1v) is 5.81. The van der Waals surface area contributed by atoms with E-state index in [1.54, 1.807) is 0 Å². The first-order chi connectivity index (χ1) is 7.65. The van der Waals surface area contributed by atoms with Crippen LogP contribution in [0, 0.1) is 5.92 Å². The largest absolute Gasteiger partial charge is 0.348 e. The summed E-state index contributed by atoms with van der Waals surface area (Å²) in [6.07, 6.45) is 4.41. The summed E-state index contributed by atoms with van der Waals surface area (Å²) in [6, 6.07) is 0.195. The molecule has 0 radical (unpaired) electrons. The Balaban J connectivity index is 1.80. The third-order valence-corrected chi connectivity index (χ3v) is 2.93. The van der Waals surface area contributed by atoms with Gasteiger partial charge in [0.15, 0.2) is 0 Å². The van der Waals surface area contributed by atoms with Gasteiger partial charge in [-0.05, 0) is 19.3 Å². The lowest BCUT2D eigenvalue weighted by atomic mass is 10.1. The van der Waals surface area contributed by atoms with Crippen molar-refractivity contribution in [2.75, 3.05) is 0 Å². The van der Waals surface area contributed by atoms with Gasteiger partial charge >= 0.3 is 0 Å². The molecule has 5 heteroatoms. The van der Waals surface area contributed by atoms with Crippen molar-refractivity contribution in [3.8, 4) is 0 Å². The minimum Gasteiger partial charge on any atom is -0.348 e. The van der Waals surface area contributed by atoms with E-state index in [0.717, 1.165) is 12.3 Å². The van der Waals surface area contributed by atoms with Crippen LogP contribution < -0.4 is 10.7 Å². The zero-order valence-electron chi connectivity index (χ0n) is 9.45. The Morgan fingerprint density at radius 3 is 2.88 bits per heavy atom. The highest BCUT2D eigenvalue weighted by molar-refractivity contribution is 6.39. The number of hydrogen-bond acceptors (Lipinski definition) is 3. The SMILES string of the molecule is CC(CC1CC1)NC(=O)C1=NNC(=O)CC1. The maximum Gasteiger partial charge on any atom is 0.267 e.